The topological polar surface area (TPSA) is 85.5 Å². The van der Waals surface area contributed by atoms with Crippen LogP contribution in [0.5, 0.6) is 5.75 Å². The van der Waals surface area contributed by atoms with Gasteiger partial charge in [-0.3, -0.25) is 4.98 Å². The van der Waals surface area contributed by atoms with Crippen LogP contribution in [0.4, 0.5) is 4.39 Å². The number of nitrogens with zero attached hydrogens (tertiary/aromatic N) is 3. The monoisotopic (exact) mass is 403 g/mol. The highest BCUT2D eigenvalue weighted by atomic mass is 32.2. The average Bonchev–Trinajstić information content (AvgIpc) is 3.11. The second kappa shape index (κ2) is 7.33. The van der Waals surface area contributed by atoms with Gasteiger partial charge in [0.05, 0.1) is 11.1 Å². The third kappa shape index (κ3) is 3.50. The van der Waals surface area contributed by atoms with Gasteiger partial charge in [0.15, 0.2) is 0 Å². The molecule has 7 nitrogen and oxygen atoms in total. The highest BCUT2D eigenvalue weighted by Crippen LogP contribution is 2.28. The number of sulfonamides is 1. The zero-order valence-electron chi connectivity index (χ0n) is 15.1. The lowest BCUT2D eigenvalue weighted by atomic mass is 10.1. The van der Waals surface area contributed by atoms with Gasteiger partial charge < -0.3 is 9.26 Å². The Morgan fingerprint density at radius 3 is 2.93 bits per heavy atom. The first-order valence-electron chi connectivity index (χ1n) is 8.70. The molecule has 4 rings (SSSR count). The molecule has 9 heteroatoms. The number of benzene rings is 1. The molecule has 0 fully saturated rings. The second-order valence-corrected chi connectivity index (χ2v) is 8.45. The number of halogens is 1. The fourth-order valence-electron chi connectivity index (χ4n) is 3.02. The third-order valence-corrected chi connectivity index (χ3v) is 6.51. The lowest BCUT2D eigenvalue weighted by Gasteiger charge is -2.25. The van der Waals surface area contributed by atoms with Crippen LogP contribution in [0.1, 0.15) is 22.6 Å². The van der Waals surface area contributed by atoms with Crippen LogP contribution in [0.2, 0.25) is 0 Å². The zero-order valence-corrected chi connectivity index (χ0v) is 15.9. The van der Waals surface area contributed by atoms with Gasteiger partial charge in [0.25, 0.3) is 0 Å². The molecule has 0 amide bonds. The Hall–Kier alpha value is -2.78. The minimum absolute atomic E-state index is 0.0661. The van der Waals surface area contributed by atoms with Gasteiger partial charge in [-0.15, -0.1) is 0 Å². The largest absolute Gasteiger partial charge is 0.486 e. The zero-order chi connectivity index (χ0) is 19.7. The maximum atomic E-state index is 13.9. The third-order valence-electron chi connectivity index (χ3n) is 4.66. The SMILES string of the molecule is Cc1ccc(S(=O)(=O)N2CCc3onc(COc4cccnc4)c3C2)cc1F. The molecular weight excluding hydrogens is 385 g/mol. The smallest absolute Gasteiger partial charge is 0.243 e. The molecule has 0 bridgehead atoms. The Morgan fingerprint density at radius 2 is 2.18 bits per heavy atom. The minimum Gasteiger partial charge on any atom is -0.486 e. The van der Waals surface area contributed by atoms with Crippen molar-refractivity contribution >= 4 is 10.0 Å². The van der Waals surface area contributed by atoms with Crippen molar-refractivity contribution in [2.45, 2.75) is 31.4 Å². The Bertz CT molecular complexity index is 1100. The molecule has 1 aliphatic rings. The van der Waals surface area contributed by atoms with Crippen LogP contribution >= 0.6 is 0 Å². The molecule has 3 heterocycles. The number of hydrogen-bond acceptors (Lipinski definition) is 6. The van der Waals surface area contributed by atoms with E-state index in [9.17, 15) is 12.8 Å². The summed E-state index contributed by atoms with van der Waals surface area (Å²) < 4.78 is 52.1. The van der Waals surface area contributed by atoms with E-state index in [2.05, 4.69) is 10.1 Å². The fraction of sp³-hybridized carbons (Fsp3) is 0.263. The summed E-state index contributed by atoms with van der Waals surface area (Å²) in [5.74, 6) is 0.676. The molecule has 0 aliphatic carbocycles. The first kappa shape index (κ1) is 18.6. The normalized spacial score (nSPS) is 14.6. The highest BCUT2D eigenvalue weighted by molar-refractivity contribution is 7.89. The standard InChI is InChI=1S/C19H18FN3O4S/c1-13-4-5-15(9-17(13)20)28(24,25)23-8-6-19-16(11-23)18(22-27-19)12-26-14-3-2-7-21-10-14/h2-5,7,9-10H,6,8,11-12H2,1H3. The predicted octanol–water partition coefficient (Wildman–Crippen LogP) is 2.84. The molecule has 1 aliphatic heterocycles. The van der Waals surface area contributed by atoms with Gasteiger partial charge >= 0.3 is 0 Å². The van der Waals surface area contributed by atoms with Crippen LogP contribution in [0.25, 0.3) is 0 Å². The summed E-state index contributed by atoms with van der Waals surface area (Å²) in [6, 6.07) is 7.46. The van der Waals surface area contributed by atoms with E-state index in [4.69, 9.17) is 9.26 Å². The van der Waals surface area contributed by atoms with Crippen molar-refractivity contribution in [2.24, 2.45) is 0 Å². The van der Waals surface area contributed by atoms with E-state index in [0.29, 0.717) is 34.8 Å². The molecule has 0 unspecified atom stereocenters. The van der Waals surface area contributed by atoms with Gasteiger partial charge in [0.1, 0.15) is 29.6 Å². The van der Waals surface area contributed by atoms with Gasteiger partial charge in [-0.05, 0) is 36.8 Å². The Kier molecular flexibility index (Phi) is 4.86. The number of pyridine rings is 1. The summed E-state index contributed by atoms with van der Waals surface area (Å²) in [6.45, 7) is 2.06. The molecule has 28 heavy (non-hydrogen) atoms. The number of ether oxygens (including phenoxy) is 1. The van der Waals surface area contributed by atoms with E-state index in [-0.39, 0.29) is 24.6 Å². The molecular formula is C19H18FN3O4S. The molecule has 0 radical (unpaired) electrons. The molecule has 146 valence electrons. The van der Waals surface area contributed by atoms with Crippen molar-refractivity contribution in [1.29, 1.82) is 0 Å². The molecule has 0 saturated carbocycles. The van der Waals surface area contributed by atoms with Gasteiger partial charge in [-0.25, -0.2) is 12.8 Å². The maximum Gasteiger partial charge on any atom is 0.243 e. The first-order chi connectivity index (χ1) is 13.4. The van der Waals surface area contributed by atoms with E-state index in [1.165, 1.54) is 16.4 Å². The van der Waals surface area contributed by atoms with E-state index in [1.54, 1.807) is 31.5 Å². The van der Waals surface area contributed by atoms with E-state index >= 15 is 0 Å². The van der Waals surface area contributed by atoms with Crippen LogP contribution < -0.4 is 4.74 Å². The number of fused-ring (bicyclic) bond motifs is 1. The molecule has 1 aromatic carbocycles. The van der Waals surface area contributed by atoms with Crippen LogP contribution in [0.15, 0.2) is 52.1 Å². The van der Waals surface area contributed by atoms with E-state index in [1.807, 2.05) is 0 Å². The second-order valence-electron chi connectivity index (χ2n) is 6.51. The number of aryl methyl sites for hydroxylation is 1. The van der Waals surface area contributed by atoms with Gasteiger partial charge in [0.2, 0.25) is 10.0 Å². The lowest BCUT2D eigenvalue weighted by molar-refractivity contribution is 0.286. The summed E-state index contributed by atoms with van der Waals surface area (Å²) in [5.41, 5.74) is 1.62. The molecule has 0 spiro atoms. The molecule has 2 aromatic heterocycles. The maximum absolute atomic E-state index is 13.9. The van der Waals surface area contributed by atoms with Crippen molar-refractivity contribution < 1.29 is 22.1 Å². The van der Waals surface area contributed by atoms with Crippen LogP contribution in [-0.4, -0.2) is 29.4 Å². The van der Waals surface area contributed by atoms with E-state index in [0.717, 1.165) is 6.07 Å². The average molecular weight is 403 g/mol. The molecule has 0 atom stereocenters. The van der Waals surface area contributed by atoms with Crippen LogP contribution in [-0.2, 0) is 29.6 Å². The summed E-state index contributed by atoms with van der Waals surface area (Å²) in [6.07, 6.45) is 3.61. The Morgan fingerprint density at radius 1 is 1.32 bits per heavy atom. The van der Waals surface area contributed by atoms with Crippen molar-refractivity contribution in [3.8, 4) is 5.75 Å². The number of aromatic nitrogens is 2. The van der Waals surface area contributed by atoms with Crippen molar-refractivity contribution in [1.82, 2.24) is 14.4 Å². The fourth-order valence-corrected chi connectivity index (χ4v) is 4.45. The van der Waals surface area contributed by atoms with Gasteiger partial charge in [-0.2, -0.15) is 4.31 Å². The predicted molar refractivity (Wildman–Crippen MR) is 97.5 cm³/mol. The summed E-state index contributed by atoms with van der Waals surface area (Å²) in [4.78, 5) is 3.91. The Labute approximate surface area is 161 Å². The van der Waals surface area contributed by atoms with Crippen LogP contribution in [0.3, 0.4) is 0 Å². The summed E-state index contributed by atoms with van der Waals surface area (Å²) in [7, 11) is -3.83. The van der Waals surface area contributed by atoms with Gasteiger partial charge in [-0.1, -0.05) is 11.2 Å². The summed E-state index contributed by atoms with van der Waals surface area (Å²) >= 11 is 0. The van der Waals surface area contributed by atoms with Crippen molar-refractivity contribution in [3.05, 3.63) is 71.1 Å². The van der Waals surface area contributed by atoms with Crippen LogP contribution in [0, 0.1) is 12.7 Å². The van der Waals surface area contributed by atoms with Crippen molar-refractivity contribution in [3.63, 3.8) is 0 Å². The molecule has 3 aromatic rings. The Balaban J connectivity index is 1.55. The summed E-state index contributed by atoms with van der Waals surface area (Å²) in [5, 5.41) is 4.03. The lowest BCUT2D eigenvalue weighted by Crippen LogP contribution is -2.36. The number of hydrogen-bond donors (Lipinski definition) is 0. The van der Waals surface area contributed by atoms with Crippen molar-refractivity contribution in [2.75, 3.05) is 6.54 Å². The minimum atomic E-state index is -3.83. The molecule has 0 saturated heterocycles. The van der Waals surface area contributed by atoms with E-state index < -0.39 is 15.8 Å². The quantitative estimate of drug-likeness (QED) is 0.651. The first-order valence-corrected chi connectivity index (χ1v) is 10.1. The molecule has 0 N–H and O–H groups in total. The highest BCUT2D eigenvalue weighted by Gasteiger charge is 2.32. The van der Waals surface area contributed by atoms with Gasteiger partial charge in [0, 0.05) is 31.3 Å². The number of rotatable bonds is 5.